The zero-order chi connectivity index (χ0) is 15.8. The molecule has 1 N–H and O–H groups in total. The third-order valence-electron chi connectivity index (χ3n) is 3.21. The van der Waals surface area contributed by atoms with Crippen LogP contribution in [-0.4, -0.2) is 26.8 Å². The van der Waals surface area contributed by atoms with E-state index in [1.54, 1.807) is 7.11 Å². The Morgan fingerprint density at radius 3 is 2.57 bits per heavy atom. The highest BCUT2D eigenvalue weighted by Crippen LogP contribution is 2.37. The van der Waals surface area contributed by atoms with Crippen LogP contribution in [0.5, 0.6) is 11.5 Å². The van der Waals surface area contributed by atoms with E-state index in [1.165, 1.54) is 5.57 Å². The molecule has 1 aromatic carbocycles. The summed E-state index contributed by atoms with van der Waals surface area (Å²) in [6, 6.07) is 3.89. The Kier molecular flexibility index (Phi) is 7.62. The average Bonchev–Trinajstić information content (AvgIpc) is 2.43. The lowest BCUT2D eigenvalue weighted by Gasteiger charge is -2.15. The zero-order valence-electron chi connectivity index (χ0n) is 13.6. The number of nitrogens with one attached hydrogen (secondary N) is 1. The Bertz CT molecular complexity index is 484. The summed E-state index contributed by atoms with van der Waals surface area (Å²) in [5.74, 6) is 1.75. The van der Waals surface area contributed by atoms with Crippen LogP contribution in [-0.2, 0) is 0 Å². The largest absolute Gasteiger partial charge is 0.491 e. The van der Waals surface area contributed by atoms with E-state index in [4.69, 9.17) is 21.1 Å². The van der Waals surface area contributed by atoms with Gasteiger partial charge < -0.3 is 14.8 Å². The summed E-state index contributed by atoms with van der Waals surface area (Å²) in [4.78, 5) is 0. The quantitative estimate of drug-likeness (QED) is 0.772. The maximum absolute atomic E-state index is 6.29. The van der Waals surface area contributed by atoms with Gasteiger partial charge in [-0.3, -0.25) is 0 Å². The highest BCUT2D eigenvalue weighted by atomic mass is 35.5. The molecule has 3 nitrogen and oxygen atoms in total. The van der Waals surface area contributed by atoms with Gasteiger partial charge in [-0.25, -0.2) is 0 Å². The van der Waals surface area contributed by atoms with Crippen molar-refractivity contribution in [2.45, 2.75) is 27.7 Å². The second-order valence-corrected chi connectivity index (χ2v) is 5.53. The van der Waals surface area contributed by atoms with E-state index in [9.17, 15) is 0 Å². The first-order chi connectivity index (χ1) is 10.0. The molecule has 0 aliphatic heterocycles. The molecule has 0 bridgehead atoms. The number of benzene rings is 1. The summed E-state index contributed by atoms with van der Waals surface area (Å²) >= 11 is 6.29. The fraction of sp³-hybridized carbons (Fsp3) is 0.529. The highest BCUT2D eigenvalue weighted by Gasteiger charge is 2.11. The molecule has 0 unspecified atom stereocenters. The average molecular weight is 312 g/mol. The Labute approximate surface area is 133 Å². The van der Waals surface area contributed by atoms with Crippen molar-refractivity contribution in [3.63, 3.8) is 0 Å². The Morgan fingerprint density at radius 2 is 2.05 bits per heavy atom. The van der Waals surface area contributed by atoms with Crippen molar-refractivity contribution in [2.24, 2.45) is 5.92 Å². The van der Waals surface area contributed by atoms with Gasteiger partial charge in [0.25, 0.3) is 0 Å². The van der Waals surface area contributed by atoms with Gasteiger partial charge in [0.15, 0.2) is 11.5 Å². The van der Waals surface area contributed by atoms with Gasteiger partial charge in [-0.1, -0.05) is 44.0 Å². The van der Waals surface area contributed by atoms with E-state index < -0.39 is 0 Å². The Hall–Kier alpha value is -1.19. The molecule has 0 aromatic heterocycles. The molecule has 0 amide bonds. The summed E-state index contributed by atoms with van der Waals surface area (Å²) in [7, 11) is 1.60. The van der Waals surface area contributed by atoms with Gasteiger partial charge in [-0.2, -0.15) is 0 Å². The molecule has 0 fully saturated rings. The van der Waals surface area contributed by atoms with Crippen molar-refractivity contribution in [1.29, 1.82) is 0 Å². The molecule has 1 aromatic rings. The van der Waals surface area contributed by atoms with Crippen LogP contribution in [0.1, 0.15) is 33.3 Å². The molecule has 0 aliphatic rings. The van der Waals surface area contributed by atoms with Crippen LogP contribution in [0.15, 0.2) is 17.7 Å². The van der Waals surface area contributed by atoms with Crippen molar-refractivity contribution in [3.05, 3.63) is 28.3 Å². The molecule has 0 heterocycles. The van der Waals surface area contributed by atoms with Crippen LogP contribution in [0.25, 0.3) is 6.08 Å². The SMILES string of the molecule is CCNCC(=Cc1cc(Cl)c(OC)c(OCC)c1)C(C)C. The second-order valence-electron chi connectivity index (χ2n) is 5.12. The minimum Gasteiger partial charge on any atom is -0.491 e. The van der Waals surface area contributed by atoms with Gasteiger partial charge in [0.2, 0.25) is 0 Å². The number of halogens is 1. The van der Waals surface area contributed by atoms with Crippen LogP contribution >= 0.6 is 11.6 Å². The summed E-state index contributed by atoms with van der Waals surface area (Å²) in [5, 5.41) is 3.94. The lowest BCUT2D eigenvalue weighted by atomic mass is 10.00. The third kappa shape index (κ3) is 5.25. The van der Waals surface area contributed by atoms with E-state index in [2.05, 4.69) is 32.2 Å². The van der Waals surface area contributed by atoms with Crippen molar-refractivity contribution < 1.29 is 9.47 Å². The molecular formula is C17H26ClNO2. The fourth-order valence-electron chi connectivity index (χ4n) is 2.04. The summed E-state index contributed by atoms with van der Waals surface area (Å²) in [6.45, 7) is 10.8. The first kappa shape index (κ1) is 17.9. The maximum atomic E-state index is 6.29. The summed E-state index contributed by atoms with van der Waals surface area (Å²) < 4.78 is 10.9. The monoisotopic (exact) mass is 311 g/mol. The lowest BCUT2D eigenvalue weighted by molar-refractivity contribution is 0.311. The molecule has 118 valence electrons. The minimum atomic E-state index is 0.473. The van der Waals surface area contributed by atoms with Gasteiger partial charge in [0.1, 0.15) is 0 Å². The van der Waals surface area contributed by atoms with Gasteiger partial charge in [-0.05, 0) is 37.1 Å². The predicted octanol–water partition coefficient (Wildman–Crippen LogP) is 4.40. The van der Waals surface area contributed by atoms with Crippen molar-refractivity contribution in [2.75, 3.05) is 26.8 Å². The van der Waals surface area contributed by atoms with Gasteiger partial charge in [0, 0.05) is 6.54 Å². The number of hydrogen-bond acceptors (Lipinski definition) is 3. The highest BCUT2D eigenvalue weighted by molar-refractivity contribution is 6.32. The van der Waals surface area contributed by atoms with E-state index >= 15 is 0 Å². The van der Waals surface area contributed by atoms with Crippen LogP contribution < -0.4 is 14.8 Å². The van der Waals surface area contributed by atoms with Crippen LogP contribution in [0.3, 0.4) is 0 Å². The summed E-state index contributed by atoms with van der Waals surface area (Å²) in [6.07, 6.45) is 2.17. The number of rotatable bonds is 8. The Balaban J connectivity index is 3.16. The smallest absolute Gasteiger partial charge is 0.179 e. The third-order valence-corrected chi connectivity index (χ3v) is 3.49. The fourth-order valence-corrected chi connectivity index (χ4v) is 2.33. The van der Waals surface area contributed by atoms with Crippen LogP contribution in [0, 0.1) is 5.92 Å². The number of likely N-dealkylation sites (N-methyl/N-ethyl adjacent to an activating group) is 1. The summed E-state index contributed by atoms with van der Waals surface area (Å²) in [5.41, 5.74) is 2.37. The standard InChI is InChI=1S/C17H26ClNO2/c1-6-19-11-14(12(3)4)8-13-9-15(18)17(20-5)16(10-13)21-7-2/h8-10,12,19H,6-7,11H2,1-5H3. The molecule has 21 heavy (non-hydrogen) atoms. The van der Waals surface area contributed by atoms with E-state index in [1.807, 2.05) is 19.1 Å². The maximum Gasteiger partial charge on any atom is 0.179 e. The molecule has 0 radical (unpaired) electrons. The minimum absolute atomic E-state index is 0.473. The number of hydrogen-bond donors (Lipinski definition) is 1. The molecular weight excluding hydrogens is 286 g/mol. The first-order valence-electron chi connectivity index (χ1n) is 7.44. The number of ether oxygens (including phenoxy) is 2. The van der Waals surface area contributed by atoms with E-state index in [0.29, 0.717) is 29.0 Å². The second kappa shape index (κ2) is 8.96. The number of methoxy groups -OCH3 is 1. The molecule has 0 atom stereocenters. The molecule has 0 spiro atoms. The lowest BCUT2D eigenvalue weighted by Crippen LogP contribution is -2.18. The van der Waals surface area contributed by atoms with Gasteiger partial charge in [0.05, 0.1) is 18.7 Å². The van der Waals surface area contributed by atoms with Crippen LogP contribution in [0.2, 0.25) is 5.02 Å². The van der Waals surface area contributed by atoms with Crippen molar-refractivity contribution in [3.8, 4) is 11.5 Å². The molecule has 0 aliphatic carbocycles. The van der Waals surface area contributed by atoms with Crippen molar-refractivity contribution in [1.82, 2.24) is 5.32 Å². The van der Waals surface area contributed by atoms with Crippen molar-refractivity contribution >= 4 is 17.7 Å². The predicted molar refractivity (Wildman–Crippen MR) is 90.5 cm³/mol. The zero-order valence-corrected chi connectivity index (χ0v) is 14.4. The Morgan fingerprint density at radius 1 is 1.33 bits per heavy atom. The van der Waals surface area contributed by atoms with E-state index in [-0.39, 0.29) is 0 Å². The first-order valence-corrected chi connectivity index (χ1v) is 7.82. The van der Waals surface area contributed by atoms with Gasteiger partial charge in [-0.15, -0.1) is 0 Å². The normalized spacial score (nSPS) is 11.9. The van der Waals surface area contributed by atoms with E-state index in [0.717, 1.165) is 18.7 Å². The molecule has 4 heteroatoms. The van der Waals surface area contributed by atoms with Crippen LogP contribution in [0.4, 0.5) is 0 Å². The molecule has 1 rings (SSSR count). The van der Waals surface area contributed by atoms with Gasteiger partial charge >= 0.3 is 0 Å². The molecule has 0 saturated carbocycles. The topological polar surface area (TPSA) is 30.5 Å². The molecule has 0 saturated heterocycles.